The van der Waals surface area contributed by atoms with Crippen molar-refractivity contribution in [3.05, 3.63) is 22.3 Å². The third-order valence-electron chi connectivity index (χ3n) is 2.72. The van der Waals surface area contributed by atoms with E-state index in [9.17, 15) is 0 Å². The van der Waals surface area contributed by atoms with Crippen LogP contribution >= 0.6 is 15.9 Å². The monoisotopic (exact) mass is 254 g/mol. The van der Waals surface area contributed by atoms with E-state index in [1.165, 1.54) is 24.8 Å². The standard InChI is InChI=1S/C11H15BrN2/c1-9-5-6-13-11(10(9)12)14-7-3-2-4-8-14/h5-6H,2-4,7-8H2,1H3. The van der Waals surface area contributed by atoms with Crippen molar-refractivity contribution in [1.82, 2.24) is 4.98 Å². The fourth-order valence-electron chi connectivity index (χ4n) is 1.85. The van der Waals surface area contributed by atoms with Crippen LogP contribution in [0.5, 0.6) is 0 Å². The van der Waals surface area contributed by atoms with Crippen LogP contribution < -0.4 is 4.90 Å². The summed E-state index contributed by atoms with van der Waals surface area (Å²) in [5.41, 5.74) is 1.26. The normalized spacial score (nSPS) is 17.1. The number of nitrogens with zero attached hydrogens (tertiary/aromatic N) is 2. The molecule has 0 N–H and O–H groups in total. The smallest absolute Gasteiger partial charge is 0.143 e. The van der Waals surface area contributed by atoms with Gasteiger partial charge in [-0.3, -0.25) is 0 Å². The van der Waals surface area contributed by atoms with E-state index in [4.69, 9.17) is 0 Å². The van der Waals surface area contributed by atoms with Gasteiger partial charge in [0, 0.05) is 19.3 Å². The van der Waals surface area contributed by atoms with Crippen molar-refractivity contribution in [2.24, 2.45) is 0 Å². The fraction of sp³-hybridized carbons (Fsp3) is 0.545. The van der Waals surface area contributed by atoms with E-state index in [0.717, 1.165) is 23.4 Å². The van der Waals surface area contributed by atoms with Crippen molar-refractivity contribution in [3.8, 4) is 0 Å². The summed E-state index contributed by atoms with van der Waals surface area (Å²) in [7, 11) is 0. The molecule has 0 radical (unpaired) electrons. The van der Waals surface area contributed by atoms with E-state index in [1.54, 1.807) is 0 Å². The Hall–Kier alpha value is -0.570. The zero-order chi connectivity index (χ0) is 9.97. The number of aryl methyl sites for hydroxylation is 1. The third-order valence-corrected chi connectivity index (χ3v) is 3.70. The Kier molecular flexibility index (Phi) is 3.06. The summed E-state index contributed by atoms with van der Waals surface area (Å²) in [5, 5.41) is 0. The van der Waals surface area contributed by atoms with Crippen molar-refractivity contribution < 1.29 is 0 Å². The van der Waals surface area contributed by atoms with E-state index in [2.05, 4.69) is 32.7 Å². The molecular formula is C11H15BrN2. The maximum absolute atomic E-state index is 4.44. The molecule has 1 saturated heterocycles. The molecule has 14 heavy (non-hydrogen) atoms. The number of rotatable bonds is 1. The van der Waals surface area contributed by atoms with E-state index in [-0.39, 0.29) is 0 Å². The van der Waals surface area contributed by atoms with Gasteiger partial charge in [-0.1, -0.05) is 0 Å². The average molecular weight is 255 g/mol. The number of anilines is 1. The van der Waals surface area contributed by atoms with Crippen LogP contribution in [0.4, 0.5) is 5.82 Å². The Morgan fingerprint density at radius 3 is 2.71 bits per heavy atom. The van der Waals surface area contributed by atoms with Crippen LogP contribution in [0.15, 0.2) is 16.7 Å². The average Bonchev–Trinajstić information content (AvgIpc) is 2.23. The van der Waals surface area contributed by atoms with E-state index < -0.39 is 0 Å². The van der Waals surface area contributed by atoms with Crippen LogP contribution in [0, 0.1) is 6.92 Å². The van der Waals surface area contributed by atoms with Gasteiger partial charge in [0.1, 0.15) is 5.82 Å². The Morgan fingerprint density at radius 1 is 1.29 bits per heavy atom. The largest absolute Gasteiger partial charge is 0.356 e. The maximum atomic E-state index is 4.44. The molecule has 1 fully saturated rings. The minimum absolute atomic E-state index is 1.12. The van der Waals surface area contributed by atoms with Crippen molar-refractivity contribution >= 4 is 21.7 Å². The lowest BCUT2D eigenvalue weighted by molar-refractivity contribution is 0.572. The highest BCUT2D eigenvalue weighted by Crippen LogP contribution is 2.28. The molecule has 2 nitrogen and oxygen atoms in total. The van der Waals surface area contributed by atoms with Gasteiger partial charge >= 0.3 is 0 Å². The lowest BCUT2D eigenvalue weighted by Crippen LogP contribution is -2.30. The summed E-state index contributed by atoms with van der Waals surface area (Å²) < 4.78 is 1.15. The number of aromatic nitrogens is 1. The van der Waals surface area contributed by atoms with Crippen LogP contribution in [0.2, 0.25) is 0 Å². The minimum atomic E-state index is 1.12. The van der Waals surface area contributed by atoms with E-state index in [0.29, 0.717) is 0 Å². The van der Waals surface area contributed by atoms with Gasteiger partial charge in [0.2, 0.25) is 0 Å². The molecule has 2 heterocycles. The minimum Gasteiger partial charge on any atom is -0.356 e. The molecular weight excluding hydrogens is 240 g/mol. The van der Waals surface area contributed by atoms with Crippen molar-refractivity contribution in [2.75, 3.05) is 18.0 Å². The molecule has 3 heteroatoms. The molecule has 0 saturated carbocycles. The van der Waals surface area contributed by atoms with Gasteiger partial charge in [0.15, 0.2) is 0 Å². The summed E-state index contributed by atoms with van der Waals surface area (Å²) in [4.78, 5) is 6.82. The highest BCUT2D eigenvalue weighted by molar-refractivity contribution is 9.10. The molecule has 1 aliphatic heterocycles. The number of hydrogen-bond acceptors (Lipinski definition) is 2. The molecule has 0 amide bonds. The molecule has 0 atom stereocenters. The Balaban J connectivity index is 2.26. The third kappa shape index (κ3) is 1.92. The van der Waals surface area contributed by atoms with Gasteiger partial charge in [-0.25, -0.2) is 4.98 Å². The summed E-state index contributed by atoms with van der Waals surface area (Å²) >= 11 is 3.61. The van der Waals surface area contributed by atoms with Gasteiger partial charge in [-0.15, -0.1) is 0 Å². The molecule has 0 spiro atoms. The highest BCUT2D eigenvalue weighted by Gasteiger charge is 2.15. The van der Waals surface area contributed by atoms with Gasteiger partial charge < -0.3 is 4.90 Å². The first-order valence-electron chi connectivity index (χ1n) is 5.15. The maximum Gasteiger partial charge on any atom is 0.143 e. The fourth-order valence-corrected chi connectivity index (χ4v) is 2.34. The second-order valence-corrected chi connectivity index (χ2v) is 4.61. The molecule has 1 aliphatic rings. The summed E-state index contributed by atoms with van der Waals surface area (Å²) in [6, 6.07) is 2.04. The van der Waals surface area contributed by atoms with Gasteiger partial charge in [-0.05, 0) is 53.7 Å². The van der Waals surface area contributed by atoms with Gasteiger partial charge in [0.25, 0.3) is 0 Å². The molecule has 0 aliphatic carbocycles. The van der Waals surface area contributed by atoms with Crippen LogP contribution in [0.3, 0.4) is 0 Å². The summed E-state index contributed by atoms with van der Waals surface area (Å²) in [5.74, 6) is 1.12. The van der Waals surface area contributed by atoms with Crippen molar-refractivity contribution in [1.29, 1.82) is 0 Å². The van der Waals surface area contributed by atoms with Gasteiger partial charge in [0.05, 0.1) is 4.47 Å². The summed E-state index contributed by atoms with van der Waals surface area (Å²) in [6.07, 6.45) is 5.84. The molecule has 0 aromatic carbocycles. The number of halogens is 1. The molecule has 1 aromatic rings. The zero-order valence-corrected chi connectivity index (χ0v) is 10.0. The Morgan fingerprint density at radius 2 is 2.00 bits per heavy atom. The lowest BCUT2D eigenvalue weighted by atomic mass is 10.1. The molecule has 2 rings (SSSR count). The number of piperidine rings is 1. The van der Waals surface area contributed by atoms with E-state index in [1.807, 2.05) is 12.3 Å². The molecule has 76 valence electrons. The van der Waals surface area contributed by atoms with Crippen LogP contribution in [-0.4, -0.2) is 18.1 Å². The SMILES string of the molecule is Cc1ccnc(N2CCCCC2)c1Br. The van der Waals surface area contributed by atoms with Crippen molar-refractivity contribution in [3.63, 3.8) is 0 Å². The number of hydrogen-bond donors (Lipinski definition) is 0. The first kappa shape index (κ1) is 9.97. The molecule has 0 bridgehead atoms. The quantitative estimate of drug-likeness (QED) is 0.766. The topological polar surface area (TPSA) is 16.1 Å². The van der Waals surface area contributed by atoms with Gasteiger partial charge in [-0.2, -0.15) is 0 Å². The molecule has 0 unspecified atom stereocenters. The zero-order valence-electron chi connectivity index (χ0n) is 8.46. The van der Waals surface area contributed by atoms with Crippen LogP contribution in [0.1, 0.15) is 24.8 Å². The van der Waals surface area contributed by atoms with Crippen molar-refractivity contribution in [2.45, 2.75) is 26.2 Å². The molecule has 1 aromatic heterocycles. The Bertz CT molecular complexity index is 319. The summed E-state index contributed by atoms with van der Waals surface area (Å²) in [6.45, 7) is 4.41. The van der Waals surface area contributed by atoms with Crippen LogP contribution in [0.25, 0.3) is 0 Å². The predicted molar refractivity (Wildman–Crippen MR) is 62.7 cm³/mol. The lowest BCUT2D eigenvalue weighted by Gasteiger charge is -2.28. The van der Waals surface area contributed by atoms with Crippen LogP contribution in [-0.2, 0) is 0 Å². The first-order chi connectivity index (χ1) is 6.79. The highest BCUT2D eigenvalue weighted by atomic mass is 79.9. The first-order valence-corrected chi connectivity index (χ1v) is 5.94. The van der Waals surface area contributed by atoms with E-state index >= 15 is 0 Å². The predicted octanol–water partition coefficient (Wildman–Crippen LogP) is 3.14. The number of pyridine rings is 1. The Labute approximate surface area is 93.5 Å². The second kappa shape index (κ2) is 4.30. The second-order valence-electron chi connectivity index (χ2n) is 3.81.